The molecule has 11 heteroatoms. The average molecular weight is 471 g/mol. The van der Waals surface area contributed by atoms with Crippen LogP contribution in [-0.4, -0.2) is 72.6 Å². The largest absolute Gasteiger partial charge is 0.481 e. The average Bonchev–Trinajstić information content (AvgIpc) is 3.28. The Morgan fingerprint density at radius 2 is 1.70 bits per heavy atom. The zero-order chi connectivity index (χ0) is 25.1. The van der Waals surface area contributed by atoms with E-state index < -0.39 is 41.8 Å². The highest BCUT2D eigenvalue weighted by Crippen LogP contribution is 2.11. The standard InChI is InChI=1S/C22H38N4O7/c1-12(2)18(22(32)33-5)26-21(31)16(8-9-17(27)28)25-19(29)13(3)11-14(4)24-20(30)15-7-6-10-23-15/h12-16,18,23H,6-11H2,1-5H3,(H,24,30)(H,25,29)(H,26,31)(H,27,28)/t13?,14?,15?,16-,18-/m0/s1. The van der Waals surface area contributed by atoms with Crippen LogP contribution in [0.15, 0.2) is 0 Å². The molecule has 1 aliphatic heterocycles. The highest BCUT2D eigenvalue weighted by molar-refractivity contribution is 5.91. The van der Waals surface area contributed by atoms with Gasteiger partial charge in [-0.15, -0.1) is 0 Å². The summed E-state index contributed by atoms with van der Waals surface area (Å²) in [6.07, 6.45) is 1.59. The van der Waals surface area contributed by atoms with Crippen LogP contribution in [0, 0.1) is 11.8 Å². The number of methoxy groups -OCH3 is 1. The highest BCUT2D eigenvalue weighted by atomic mass is 16.5. The van der Waals surface area contributed by atoms with E-state index in [1.807, 2.05) is 0 Å². The molecule has 0 radical (unpaired) electrons. The first kappa shape index (κ1) is 28.3. The topological polar surface area (TPSA) is 163 Å². The number of esters is 1. The Bertz CT molecular complexity index is 707. The number of hydrogen-bond acceptors (Lipinski definition) is 7. The molecule has 33 heavy (non-hydrogen) atoms. The second-order valence-corrected chi connectivity index (χ2v) is 8.94. The van der Waals surface area contributed by atoms with Gasteiger partial charge in [0.2, 0.25) is 17.7 Å². The van der Waals surface area contributed by atoms with Gasteiger partial charge in [-0.3, -0.25) is 19.2 Å². The van der Waals surface area contributed by atoms with Crippen molar-refractivity contribution in [2.75, 3.05) is 13.7 Å². The van der Waals surface area contributed by atoms with E-state index in [4.69, 9.17) is 9.84 Å². The lowest BCUT2D eigenvalue weighted by molar-refractivity contribution is -0.147. The Balaban J connectivity index is 2.73. The fourth-order valence-corrected chi connectivity index (χ4v) is 3.68. The van der Waals surface area contributed by atoms with Crippen LogP contribution in [0.5, 0.6) is 0 Å². The van der Waals surface area contributed by atoms with E-state index >= 15 is 0 Å². The fraction of sp³-hybridized carbons (Fsp3) is 0.773. The van der Waals surface area contributed by atoms with Gasteiger partial charge in [-0.25, -0.2) is 4.79 Å². The van der Waals surface area contributed by atoms with Crippen molar-refractivity contribution >= 4 is 29.7 Å². The SMILES string of the molecule is COC(=O)[C@@H](NC(=O)[C@H](CCC(=O)O)NC(=O)C(C)CC(C)NC(=O)C1CCCN1)C(C)C. The first-order chi connectivity index (χ1) is 15.5. The lowest BCUT2D eigenvalue weighted by atomic mass is 9.99. The Hall–Kier alpha value is -2.69. The summed E-state index contributed by atoms with van der Waals surface area (Å²) < 4.78 is 4.71. The molecule has 0 aliphatic carbocycles. The number of nitrogens with one attached hydrogen (secondary N) is 4. The van der Waals surface area contributed by atoms with Crippen LogP contribution in [0.3, 0.4) is 0 Å². The molecule has 3 amide bonds. The maximum absolute atomic E-state index is 12.8. The molecule has 3 unspecified atom stereocenters. The summed E-state index contributed by atoms with van der Waals surface area (Å²) in [5.74, 6) is -3.76. The molecule has 5 atom stereocenters. The summed E-state index contributed by atoms with van der Waals surface area (Å²) >= 11 is 0. The van der Waals surface area contributed by atoms with E-state index in [9.17, 15) is 24.0 Å². The van der Waals surface area contributed by atoms with Crippen molar-refractivity contribution in [3.63, 3.8) is 0 Å². The minimum atomic E-state index is -1.13. The second kappa shape index (κ2) is 13.8. The van der Waals surface area contributed by atoms with Gasteiger partial charge in [-0.1, -0.05) is 20.8 Å². The summed E-state index contributed by atoms with van der Waals surface area (Å²) in [4.78, 5) is 60.7. The number of ether oxygens (including phenoxy) is 1. The molecule has 1 fully saturated rings. The number of carbonyl (C=O) groups excluding carboxylic acids is 4. The normalized spacial score (nSPS) is 19.2. The van der Waals surface area contributed by atoms with Gasteiger partial charge in [0.25, 0.3) is 0 Å². The van der Waals surface area contributed by atoms with E-state index in [1.165, 1.54) is 7.11 Å². The molecule has 1 rings (SSSR count). The zero-order valence-corrected chi connectivity index (χ0v) is 20.1. The van der Waals surface area contributed by atoms with E-state index in [2.05, 4.69) is 21.3 Å². The van der Waals surface area contributed by atoms with Crippen molar-refractivity contribution in [3.8, 4) is 0 Å². The number of rotatable bonds is 13. The molecular formula is C22H38N4O7. The predicted octanol–water partition coefficient (Wildman–Crippen LogP) is -0.0673. The van der Waals surface area contributed by atoms with E-state index in [-0.39, 0.29) is 36.8 Å². The first-order valence-corrected chi connectivity index (χ1v) is 11.4. The van der Waals surface area contributed by atoms with Crippen LogP contribution >= 0.6 is 0 Å². The first-order valence-electron chi connectivity index (χ1n) is 11.4. The Kier molecular flexibility index (Phi) is 11.8. The van der Waals surface area contributed by atoms with Crippen LogP contribution < -0.4 is 21.3 Å². The molecular weight excluding hydrogens is 432 g/mol. The van der Waals surface area contributed by atoms with Crippen molar-refractivity contribution in [1.82, 2.24) is 21.3 Å². The summed E-state index contributed by atoms with van der Waals surface area (Å²) in [5, 5.41) is 20.2. The van der Waals surface area contributed by atoms with Crippen molar-refractivity contribution < 1.29 is 33.8 Å². The van der Waals surface area contributed by atoms with Crippen molar-refractivity contribution in [3.05, 3.63) is 0 Å². The molecule has 1 heterocycles. The van der Waals surface area contributed by atoms with Crippen LogP contribution in [0.4, 0.5) is 0 Å². The molecule has 5 N–H and O–H groups in total. The Labute approximate surface area is 194 Å². The van der Waals surface area contributed by atoms with Crippen LogP contribution in [-0.2, 0) is 28.7 Å². The van der Waals surface area contributed by atoms with Crippen molar-refractivity contribution in [2.24, 2.45) is 11.8 Å². The van der Waals surface area contributed by atoms with Crippen LogP contribution in [0.2, 0.25) is 0 Å². The molecule has 0 bridgehead atoms. The van der Waals surface area contributed by atoms with Crippen LogP contribution in [0.1, 0.15) is 59.8 Å². The highest BCUT2D eigenvalue weighted by Gasteiger charge is 2.31. The summed E-state index contributed by atoms with van der Waals surface area (Å²) in [6.45, 7) is 7.73. The molecule has 0 aromatic rings. The molecule has 0 aromatic heterocycles. The number of carboxylic acid groups (broad SMARTS) is 1. The van der Waals surface area contributed by atoms with Gasteiger partial charge in [0.15, 0.2) is 0 Å². The Morgan fingerprint density at radius 3 is 2.21 bits per heavy atom. The maximum Gasteiger partial charge on any atom is 0.328 e. The summed E-state index contributed by atoms with van der Waals surface area (Å²) in [7, 11) is 1.21. The number of aliphatic carboxylic acids is 1. The third-order valence-electron chi connectivity index (χ3n) is 5.62. The minimum absolute atomic E-state index is 0.103. The smallest absolute Gasteiger partial charge is 0.328 e. The maximum atomic E-state index is 12.8. The summed E-state index contributed by atoms with van der Waals surface area (Å²) in [6, 6.07) is -2.54. The lowest BCUT2D eigenvalue weighted by Crippen LogP contribution is -2.54. The monoisotopic (exact) mass is 470 g/mol. The molecule has 0 aromatic carbocycles. The van der Waals surface area contributed by atoms with Crippen molar-refractivity contribution in [2.45, 2.75) is 84.0 Å². The Morgan fingerprint density at radius 1 is 1.03 bits per heavy atom. The van der Waals surface area contributed by atoms with Gasteiger partial charge in [0.1, 0.15) is 12.1 Å². The molecule has 1 aliphatic rings. The lowest BCUT2D eigenvalue weighted by Gasteiger charge is -2.25. The van der Waals surface area contributed by atoms with Gasteiger partial charge in [0.05, 0.1) is 13.2 Å². The van der Waals surface area contributed by atoms with E-state index in [1.54, 1.807) is 27.7 Å². The number of amides is 3. The quantitative estimate of drug-likeness (QED) is 0.234. The van der Waals surface area contributed by atoms with Gasteiger partial charge in [-0.2, -0.15) is 0 Å². The van der Waals surface area contributed by atoms with Gasteiger partial charge >= 0.3 is 11.9 Å². The number of carbonyl (C=O) groups is 5. The predicted molar refractivity (Wildman–Crippen MR) is 120 cm³/mol. The third kappa shape index (κ3) is 9.77. The molecule has 188 valence electrons. The molecule has 0 saturated carbocycles. The van der Waals surface area contributed by atoms with Gasteiger partial charge in [-0.05, 0) is 45.1 Å². The van der Waals surface area contributed by atoms with E-state index in [0.29, 0.717) is 6.42 Å². The van der Waals surface area contributed by atoms with E-state index in [0.717, 1.165) is 19.4 Å². The third-order valence-corrected chi connectivity index (χ3v) is 5.62. The van der Waals surface area contributed by atoms with Gasteiger partial charge in [0, 0.05) is 18.4 Å². The van der Waals surface area contributed by atoms with Crippen molar-refractivity contribution in [1.29, 1.82) is 0 Å². The number of carboxylic acids is 1. The van der Waals surface area contributed by atoms with Gasteiger partial charge < -0.3 is 31.1 Å². The zero-order valence-electron chi connectivity index (χ0n) is 20.1. The molecule has 11 nitrogen and oxygen atoms in total. The molecule has 1 saturated heterocycles. The summed E-state index contributed by atoms with van der Waals surface area (Å²) in [5.41, 5.74) is 0. The molecule has 0 spiro atoms. The minimum Gasteiger partial charge on any atom is -0.481 e. The second-order valence-electron chi connectivity index (χ2n) is 8.94. The number of hydrogen-bond donors (Lipinski definition) is 5. The van der Waals surface area contributed by atoms with Crippen LogP contribution in [0.25, 0.3) is 0 Å². The fourth-order valence-electron chi connectivity index (χ4n) is 3.68.